The van der Waals surface area contributed by atoms with Crippen molar-refractivity contribution in [2.75, 3.05) is 23.9 Å². The van der Waals surface area contributed by atoms with Crippen LogP contribution in [-0.4, -0.2) is 40.9 Å². The first kappa shape index (κ1) is 13.1. The van der Waals surface area contributed by atoms with E-state index < -0.39 is 0 Å². The van der Waals surface area contributed by atoms with Crippen molar-refractivity contribution < 1.29 is 4.79 Å². The summed E-state index contributed by atoms with van der Waals surface area (Å²) in [7, 11) is 0. The molecule has 0 aliphatic carbocycles. The lowest BCUT2D eigenvalue weighted by atomic mass is 10.1. The second-order valence-electron chi connectivity index (χ2n) is 4.45. The van der Waals surface area contributed by atoms with Crippen LogP contribution in [0.1, 0.15) is 18.5 Å². The molecule has 1 aromatic heterocycles. The molecule has 6 heteroatoms. The Bertz CT molecular complexity index is 426. The van der Waals surface area contributed by atoms with Crippen molar-refractivity contribution in [3.05, 3.63) is 18.1 Å². The average Bonchev–Trinajstić information content (AvgIpc) is 2.39. The summed E-state index contributed by atoms with van der Waals surface area (Å²) in [6.07, 6.45) is 5.40. The molecule has 1 saturated heterocycles. The number of carbonyl (C=O) groups is 1. The summed E-state index contributed by atoms with van der Waals surface area (Å²) < 4.78 is 0. The molecule has 1 atom stereocenters. The zero-order valence-corrected chi connectivity index (χ0v) is 11.2. The number of halogens is 1. The van der Waals surface area contributed by atoms with Crippen molar-refractivity contribution in [3.8, 4) is 0 Å². The minimum atomic E-state index is -0.112. The normalized spacial score (nSPS) is 19.7. The van der Waals surface area contributed by atoms with Crippen LogP contribution < -0.4 is 10.2 Å². The molecule has 0 spiro atoms. The van der Waals surface area contributed by atoms with Crippen LogP contribution in [0.4, 0.5) is 5.82 Å². The van der Waals surface area contributed by atoms with Gasteiger partial charge in [0.25, 0.3) is 0 Å². The third-order valence-corrected chi connectivity index (χ3v) is 3.31. The van der Waals surface area contributed by atoms with Crippen LogP contribution in [0.3, 0.4) is 0 Å². The summed E-state index contributed by atoms with van der Waals surface area (Å²) in [4.78, 5) is 22.1. The van der Waals surface area contributed by atoms with E-state index in [1.807, 2.05) is 6.92 Å². The molecule has 0 bridgehead atoms. The summed E-state index contributed by atoms with van der Waals surface area (Å²) in [5.41, 5.74) is 0.918. The van der Waals surface area contributed by atoms with Gasteiger partial charge in [0.05, 0.1) is 5.69 Å². The molecule has 1 aliphatic rings. The van der Waals surface area contributed by atoms with Gasteiger partial charge < -0.3 is 10.2 Å². The molecule has 0 radical (unpaired) electrons. The number of aryl methyl sites for hydroxylation is 1. The fourth-order valence-electron chi connectivity index (χ4n) is 2.26. The number of alkyl halides is 1. The van der Waals surface area contributed by atoms with E-state index in [0.29, 0.717) is 0 Å². The van der Waals surface area contributed by atoms with Crippen LogP contribution >= 0.6 is 11.6 Å². The third-order valence-electron chi connectivity index (χ3n) is 3.06. The predicted molar refractivity (Wildman–Crippen MR) is 70.9 cm³/mol. The standard InChI is InChI=1S/C12H17ClN4O/c1-9-12(15-5-4-14-9)17-6-2-3-10(8-17)16-11(18)7-13/h4-5,10H,2-3,6-8H2,1H3,(H,16,18)/t10-/m0/s1. The maximum Gasteiger partial charge on any atom is 0.235 e. The van der Waals surface area contributed by atoms with Crippen molar-refractivity contribution >= 4 is 23.3 Å². The number of rotatable bonds is 3. The first-order chi connectivity index (χ1) is 8.70. The number of amides is 1. The van der Waals surface area contributed by atoms with Crippen LogP contribution in [0.15, 0.2) is 12.4 Å². The van der Waals surface area contributed by atoms with E-state index in [4.69, 9.17) is 11.6 Å². The monoisotopic (exact) mass is 268 g/mol. The molecule has 0 aromatic carbocycles. The van der Waals surface area contributed by atoms with Crippen LogP contribution in [0, 0.1) is 6.92 Å². The second-order valence-corrected chi connectivity index (χ2v) is 4.72. The second kappa shape index (κ2) is 6.00. The lowest BCUT2D eigenvalue weighted by Crippen LogP contribution is -2.48. The summed E-state index contributed by atoms with van der Waals surface area (Å²) in [6, 6.07) is 0.145. The smallest absolute Gasteiger partial charge is 0.235 e. The molecule has 2 heterocycles. The zero-order chi connectivity index (χ0) is 13.0. The van der Waals surface area contributed by atoms with Gasteiger partial charge in [0.1, 0.15) is 11.7 Å². The number of carbonyl (C=O) groups excluding carboxylic acids is 1. The Balaban J connectivity index is 2.03. The average molecular weight is 269 g/mol. The molecule has 2 rings (SSSR count). The number of hydrogen-bond donors (Lipinski definition) is 1. The topological polar surface area (TPSA) is 58.1 Å². The Labute approximate surface area is 112 Å². The minimum Gasteiger partial charge on any atom is -0.353 e. The highest BCUT2D eigenvalue weighted by Crippen LogP contribution is 2.19. The fourth-order valence-corrected chi connectivity index (χ4v) is 2.34. The van der Waals surface area contributed by atoms with E-state index >= 15 is 0 Å². The Hall–Kier alpha value is -1.36. The molecule has 1 fully saturated rings. The Kier molecular flexibility index (Phi) is 4.36. The molecule has 1 amide bonds. The van der Waals surface area contributed by atoms with Crippen LogP contribution in [-0.2, 0) is 4.79 Å². The van der Waals surface area contributed by atoms with E-state index in [-0.39, 0.29) is 17.8 Å². The zero-order valence-electron chi connectivity index (χ0n) is 10.4. The van der Waals surface area contributed by atoms with Crippen molar-refractivity contribution in [1.82, 2.24) is 15.3 Å². The van der Waals surface area contributed by atoms with Gasteiger partial charge in [0.15, 0.2) is 0 Å². The molecule has 1 aliphatic heterocycles. The van der Waals surface area contributed by atoms with Gasteiger partial charge in [-0.2, -0.15) is 0 Å². The highest BCUT2D eigenvalue weighted by molar-refractivity contribution is 6.27. The number of nitrogens with one attached hydrogen (secondary N) is 1. The van der Waals surface area contributed by atoms with Crippen LogP contribution in [0.25, 0.3) is 0 Å². The van der Waals surface area contributed by atoms with Crippen molar-refractivity contribution in [3.63, 3.8) is 0 Å². The molecule has 0 saturated carbocycles. The van der Waals surface area contributed by atoms with Gasteiger partial charge in [-0.1, -0.05) is 0 Å². The van der Waals surface area contributed by atoms with E-state index in [9.17, 15) is 4.79 Å². The van der Waals surface area contributed by atoms with Crippen molar-refractivity contribution in [2.24, 2.45) is 0 Å². The Morgan fingerprint density at radius 2 is 2.33 bits per heavy atom. The maximum absolute atomic E-state index is 11.3. The van der Waals surface area contributed by atoms with Gasteiger partial charge in [-0.15, -0.1) is 11.6 Å². The van der Waals surface area contributed by atoms with Gasteiger partial charge in [-0.3, -0.25) is 9.78 Å². The van der Waals surface area contributed by atoms with Gasteiger partial charge in [0, 0.05) is 31.5 Å². The highest BCUT2D eigenvalue weighted by atomic mass is 35.5. The van der Waals surface area contributed by atoms with E-state index in [1.54, 1.807) is 12.4 Å². The van der Waals surface area contributed by atoms with E-state index in [2.05, 4.69) is 20.2 Å². The van der Waals surface area contributed by atoms with Gasteiger partial charge in [-0.25, -0.2) is 4.98 Å². The Morgan fingerprint density at radius 3 is 3.06 bits per heavy atom. The van der Waals surface area contributed by atoms with Crippen molar-refractivity contribution in [1.29, 1.82) is 0 Å². The van der Waals surface area contributed by atoms with Gasteiger partial charge in [0.2, 0.25) is 5.91 Å². The molecule has 1 N–H and O–H groups in total. The fraction of sp³-hybridized carbons (Fsp3) is 0.583. The van der Waals surface area contributed by atoms with Crippen LogP contribution in [0.5, 0.6) is 0 Å². The first-order valence-corrected chi connectivity index (χ1v) is 6.62. The lowest BCUT2D eigenvalue weighted by Gasteiger charge is -2.34. The molecule has 0 unspecified atom stereocenters. The molecular weight excluding hydrogens is 252 g/mol. The lowest BCUT2D eigenvalue weighted by molar-refractivity contribution is -0.119. The van der Waals surface area contributed by atoms with Crippen molar-refractivity contribution in [2.45, 2.75) is 25.8 Å². The largest absolute Gasteiger partial charge is 0.353 e. The van der Waals surface area contributed by atoms with E-state index in [0.717, 1.165) is 37.4 Å². The summed E-state index contributed by atoms with van der Waals surface area (Å²) in [5, 5.41) is 2.93. The molecular formula is C12H17ClN4O. The highest BCUT2D eigenvalue weighted by Gasteiger charge is 2.23. The maximum atomic E-state index is 11.3. The summed E-state index contributed by atoms with van der Waals surface area (Å²) in [6.45, 7) is 3.66. The quantitative estimate of drug-likeness (QED) is 0.835. The van der Waals surface area contributed by atoms with Gasteiger partial charge >= 0.3 is 0 Å². The third kappa shape index (κ3) is 3.10. The number of nitrogens with zero attached hydrogens (tertiary/aromatic N) is 3. The number of aromatic nitrogens is 2. The number of hydrogen-bond acceptors (Lipinski definition) is 4. The molecule has 5 nitrogen and oxygen atoms in total. The first-order valence-electron chi connectivity index (χ1n) is 6.08. The number of piperidine rings is 1. The predicted octanol–water partition coefficient (Wildman–Crippen LogP) is 1.11. The molecule has 98 valence electrons. The van der Waals surface area contributed by atoms with E-state index in [1.165, 1.54) is 0 Å². The van der Waals surface area contributed by atoms with Crippen LogP contribution in [0.2, 0.25) is 0 Å². The molecule has 1 aromatic rings. The Morgan fingerprint density at radius 1 is 1.56 bits per heavy atom. The molecule has 18 heavy (non-hydrogen) atoms. The summed E-state index contributed by atoms with van der Waals surface area (Å²) >= 11 is 5.50. The number of anilines is 1. The minimum absolute atomic E-state index is 0.0146. The van der Waals surface area contributed by atoms with Gasteiger partial charge in [-0.05, 0) is 19.8 Å². The SMILES string of the molecule is Cc1nccnc1N1CCC[C@H](NC(=O)CCl)C1. The summed E-state index contributed by atoms with van der Waals surface area (Å²) in [5.74, 6) is 0.808.